The summed E-state index contributed by atoms with van der Waals surface area (Å²) >= 11 is 11.4. The number of aromatic nitrogens is 2. The second kappa shape index (κ2) is 26.4. The molecular weight excluding hydrogens is 934 g/mol. The van der Waals surface area contributed by atoms with Crippen LogP contribution in [0.2, 0.25) is 5.15 Å². The van der Waals surface area contributed by atoms with Crippen molar-refractivity contribution in [2.24, 2.45) is 23.3 Å². The maximum Gasteiger partial charge on any atom is 0.252 e. The van der Waals surface area contributed by atoms with E-state index in [4.69, 9.17) is 39.9 Å². The highest BCUT2D eigenvalue weighted by Crippen LogP contribution is 2.29. The third kappa shape index (κ3) is 15.0. The van der Waals surface area contributed by atoms with Crippen LogP contribution >= 0.6 is 23.2 Å². The van der Waals surface area contributed by atoms with Crippen LogP contribution in [0, 0.1) is 45.8 Å². The molecule has 2 aliphatic carbocycles. The summed E-state index contributed by atoms with van der Waals surface area (Å²) in [5.74, 6) is 0.399. The van der Waals surface area contributed by atoms with E-state index in [2.05, 4.69) is 33.0 Å². The number of nitrogens with zero attached hydrogens (tertiary/aromatic N) is 6. The number of nitriles is 3. The van der Waals surface area contributed by atoms with Gasteiger partial charge in [-0.05, 0) is 110 Å². The summed E-state index contributed by atoms with van der Waals surface area (Å²) in [5, 5.41) is 28.4. The number of H-pyrrole nitrogens is 1. The van der Waals surface area contributed by atoms with Gasteiger partial charge in [-0.25, -0.2) is 0 Å². The van der Waals surface area contributed by atoms with E-state index in [9.17, 15) is 29.7 Å². The van der Waals surface area contributed by atoms with E-state index in [1.807, 2.05) is 72.8 Å². The van der Waals surface area contributed by atoms with Crippen LogP contribution in [0.3, 0.4) is 0 Å². The Bertz CT molecular complexity index is 3060. The van der Waals surface area contributed by atoms with Gasteiger partial charge in [0.1, 0.15) is 11.0 Å². The smallest absolute Gasteiger partial charge is 0.252 e. The average molecular weight is 989 g/mol. The number of nitrogens with two attached hydrogens (primary N) is 2. The van der Waals surface area contributed by atoms with Crippen molar-refractivity contribution in [3.63, 3.8) is 0 Å². The summed E-state index contributed by atoms with van der Waals surface area (Å²) in [6.07, 6.45) is 15.5. The number of aromatic amines is 1. The first-order valence-electron chi connectivity index (χ1n) is 23.4. The number of carbonyl (C=O) groups is 2. The van der Waals surface area contributed by atoms with Gasteiger partial charge in [0, 0.05) is 61.1 Å². The number of benzene rings is 3. The molecule has 13 nitrogen and oxygen atoms in total. The van der Waals surface area contributed by atoms with Crippen LogP contribution in [-0.2, 0) is 29.0 Å². The Kier molecular flexibility index (Phi) is 19.6. The molecule has 4 aliphatic rings. The third-order valence-corrected chi connectivity index (χ3v) is 13.0. The Morgan fingerprint density at radius 2 is 1.10 bits per heavy atom. The molecule has 0 spiro atoms. The van der Waals surface area contributed by atoms with Crippen molar-refractivity contribution >= 4 is 40.6 Å². The molecule has 15 heteroatoms. The Hall–Kier alpha value is -7.57. The number of hydrogen-bond donors (Lipinski definition) is 3. The quantitative estimate of drug-likeness (QED) is 0.127. The van der Waals surface area contributed by atoms with Crippen LogP contribution in [0.5, 0.6) is 0 Å². The van der Waals surface area contributed by atoms with E-state index < -0.39 is 0 Å². The maximum atomic E-state index is 12.5. The first-order chi connectivity index (χ1) is 34.4. The molecule has 2 saturated heterocycles. The molecule has 5 aromatic rings. The van der Waals surface area contributed by atoms with E-state index in [1.54, 1.807) is 65.3 Å². The minimum Gasteiger partial charge on any atom is -0.373 e. The molecule has 5 N–H and O–H groups in total. The van der Waals surface area contributed by atoms with Crippen LogP contribution in [0.15, 0.2) is 166 Å². The van der Waals surface area contributed by atoms with Crippen LogP contribution in [0.1, 0.15) is 59.1 Å². The summed E-state index contributed by atoms with van der Waals surface area (Å²) in [7, 11) is 0. The largest absolute Gasteiger partial charge is 0.373 e. The van der Waals surface area contributed by atoms with Crippen LogP contribution in [0.4, 0.5) is 5.82 Å². The number of ketones is 2. The topological polar surface area (TPSA) is 219 Å². The Morgan fingerprint density at radius 1 is 0.592 bits per heavy atom. The fourth-order valence-electron chi connectivity index (χ4n) is 8.77. The molecule has 9 rings (SSSR count). The lowest BCUT2D eigenvalue weighted by molar-refractivity contribution is -0.118. The number of likely N-dealkylation sites (tertiary alicyclic amines) is 1. The highest BCUT2D eigenvalue weighted by atomic mass is 35.5. The Labute approximate surface area is 423 Å². The molecule has 3 aromatic carbocycles. The summed E-state index contributed by atoms with van der Waals surface area (Å²) in [6, 6.07) is 38.9. The first kappa shape index (κ1) is 52.8. The number of piperidine rings is 2. The molecule has 0 radical (unpaired) electrons. The number of anilines is 1. The second-order valence-corrected chi connectivity index (χ2v) is 18.2. The summed E-state index contributed by atoms with van der Waals surface area (Å²) < 4.78 is 1.73. The molecule has 0 saturated carbocycles. The number of halogens is 2. The fraction of sp³-hybridized carbons (Fsp3) is 0.268. The Balaban J connectivity index is 0.000000163. The molecule has 4 atom stereocenters. The standard InChI is InChI=1S/C19H21N3O.C18H20N4O.C14H10ClNO.C5H4ClNO/c20-12-15-6-2-1-5-14(15)11-17-18(8-3-9-19(17)23)22-10-4-7-16(21)13-22;19-11-14-5-1-2-6-15(14)12-22-17(8-3-9-18(22)23)21-10-4-7-16(20)13-21;15-13-6-3-7-14(17)12(13)8-10-4-1-2-5-11(10)9-16;6-4-2-1-3-5(8)7-4/h1-3,5-6,8-9,16-17H,4,7,10-11,13,21H2;1-3,5-6,8-9,16H,4,7,10,12-13,20H2;1-7,12H,8H2;1-3H,(H,7,8)/t16-,17?;16-;;/m11../s1. The lowest BCUT2D eigenvalue weighted by atomic mass is 9.86. The molecule has 2 fully saturated rings. The van der Waals surface area contributed by atoms with Gasteiger partial charge in [-0.1, -0.05) is 102 Å². The zero-order valence-corrected chi connectivity index (χ0v) is 40.7. The number of allylic oxidation sites excluding steroid dienone is 8. The summed E-state index contributed by atoms with van der Waals surface area (Å²) in [5.41, 5.74) is 17.5. The van der Waals surface area contributed by atoms with Crippen molar-refractivity contribution in [1.29, 1.82) is 15.8 Å². The van der Waals surface area contributed by atoms with Crippen molar-refractivity contribution < 1.29 is 9.59 Å². The summed E-state index contributed by atoms with van der Waals surface area (Å²) in [4.78, 5) is 53.7. The normalized spacial score (nSPS) is 19.1. The van der Waals surface area contributed by atoms with Crippen molar-refractivity contribution in [2.75, 3.05) is 31.1 Å². The molecule has 0 bridgehead atoms. The predicted octanol–water partition coefficient (Wildman–Crippen LogP) is 7.87. The van der Waals surface area contributed by atoms with Crippen molar-refractivity contribution in [1.82, 2.24) is 14.5 Å². The highest BCUT2D eigenvalue weighted by Gasteiger charge is 2.30. The molecule has 362 valence electrons. The van der Waals surface area contributed by atoms with Crippen molar-refractivity contribution in [3.8, 4) is 18.2 Å². The lowest BCUT2D eigenvalue weighted by Gasteiger charge is -2.38. The molecule has 4 heterocycles. The fourth-order valence-corrected chi connectivity index (χ4v) is 9.20. The van der Waals surface area contributed by atoms with Gasteiger partial charge in [-0.2, -0.15) is 15.8 Å². The second-order valence-electron chi connectivity index (χ2n) is 17.4. The maximum absolute atomic E-state index is 12.5. The Morgan fingerprint density at radius 3 is 1.65 bits per heavy atom. The molecule has 0 amide bonds. The van der Waals surface area contributed by atoms with E-state index >= 15 is 0 Å². The number of pyridine rings is 2. The van der Waals surface area contributed by atoms with E-state index in [0.717, 1.165) is 80.1 Å². The predicted molar refractivity (Wildman–Crippen MR) is 278 cm³/mol. The number of rotatable bonds is 8. The van der Waals surface area contributed by atoms with E-state index in [0.29, 0.717) is 46.3 Å². The van der Waals surface area contributed by atoms with Crippen molar-refractivity contribution in [3.05, 3.63) is 216 Å². The molecule has 2 aromatic heterocycles. The molecule has 71 heavy (non-hydrogen) atoms. The number of hydrogen-bond acceptors (Lipinski definition) is 11. The van der Waals surface area contributed by atoms with Gasteiger partial charge in [0.2, 0.25) is 5.56 Å². The van der Waals surface area contributed by atoms with E-state index in [-0.39, 0.29) is 46.6 Å². The number of carbonyl (C=O) groups excluding carboxylic acids is 2. The monoisotopic (exact) mass is 987 g/mol. The minimum absolute atomic E-state index is 0.00903. The van der Waals surface area contributed by atoms with Gasteiger partial charge in [0.25, 0.3) is 5.56 Å². The first-order valence-corrected chi connectivity index (χ1v) is 24.1. The van der Waals surface area contributed by atoms with Gasteiger partial charge >= 0.3 is 0 Å². The van der Waals surface area contributed by atoms with E-state index in [1.165, 1.54) is 12.1 Å². The minimum atomic E-state index is -0.351. The van der Waals surface area contributed by atoms with Crippen LogP contribution in [0.25, 0.3) is 0 Å². The highest BCUT2D eigenvalue weighted by molar-refractivity contribution is 6.32. The molecular formula is C56H55Cl2N9O4. The zero-order chi connectivity index (χ0) is 50.7. The van der Waals surface area contributed by atoms with Crippen LogP contribution in [-0.4, -0.2) is 64.3 Å². The van der Waals surface area contributed by atoms with Crippen molar-refractivity contribution in [2.45, 2.75) is 57.2 Å². The lowest BCUT2D eigenvalue weighted by Crippen LogP contribution is -2.45. The molecule has 2 unspecified atom stereocenters. The van der Waals surface area contributed by atoms with Gasteiger partial charge in [0.05, 0.1) is 53.3 Å². The van der Waals surface area contributed by atoms with Gasteiger partial charge in [-0.15, -0.1) is 0 Å². The molecule has 2 aliphatic heterocycles. The zero-order valence-electron chi connectivity index (χ0n) is 39.2. The van der Waals surface area contributed by atoms with Crippen LogP contribution < -0.4 is 27.5 Å². The van der Waals surface area contributed by atoms with Gasteiger partial charge in [-0.3, -0.25) is 23.7 Å². The number of nitrogens with one attached hydrogen (secondary N) is 1. The average Bonchev–Trinajstić information content (AvgIpc) is 3.37. The van der Waals surface area contributed by atoms with Gasteiger partial charge in [0.15, 0.2) is 11.6 Å². The van der Waals surface area contributed by atoms with Gasteiger partial charge < -0.3 is 26.3 Å². The third-order valence-electron chi connectivity index (χ3n) is 12.4. The SMILES string of the molecule is N#Cc1ccccc1CC1C(=O)C=CC=C1Cl.N#Cc1ccccc1CC1C(=O)C=CC=C1N1CCC[C@@H](N)C1.N#Cc1ccccc1Cn1c(N2CCC[C@@H](N)C2)cccc1=O.O=c1cccc(Cl)[nH]1. The summed E-state index contributed by atoms with van der Waals surface area (Å²) in [6.45, 7) is 3.78.